The molecule has 1 aliphatic heterocycles. The number of carboxylic acid groups (broad SMARTS) is 1. The molecule has 1 saturated carbocycles. The molecule has 2 aliphatic rings. The van der Waals surface area contributed by atoms with Gasteiger partial charge in [-0.15, -0.1) is 0 Å². The molecule has 2 unspecified atom stereocenters. The minimum Gasteiger partial charge on any atom is -0.481 e. The Morgan fingerprint density at radius 1 is 1.22 bits per heavy atom. The smallest absolute Gasteiger partial charge is 0.305 e. The van der Waals surface area contributed by atoms with Gasteiger partial charge in [0.2, 0.25) is 6.41 Å². The highest BCUT2D eigenvalue weighted by Gasteiger charge is 2.35. The van der Waals surface area contributed by atoms with Gasteiger partial charge in [-0.25, -0.2) is 17.6 Å². The number of likely N-dealkylation sites (tertiary alicyclic amines) is 1. The van der Waals surface area contributed by atoms with Gasteiger partial charge in [0.15, 0.2) is 5.82 Å². The van der Waals surface area contributed by atoms with Crippen molar-refractivity contribution in [1.29, 1.82) is 0 Å². The maximum Gasteiger partial charge on any atom is 0.305 e. The van der Waals surface area contributed by atoms with Crippen LogP contribution in [-0.2, 0) is 15.5 Å². The summed E-state index contributed by atoms with van der Waals surface area (Å²) in [6, 6.07) is 6.82. The Morgan fingerprint density at radius 2 is 1.86 bits per heavy atom. The van der Waals surface area contributed by atoms with Crippen molar-refractivity contribution in [3.05, 3.63) is 35.9 Å². The third-order valence-electron chi connectivity index (χ3n) is 7.29. The fourth-order valence-electron chi connectivity index (χ4n) is 5.40. The molecule has 1 amide bonds. The van der Waals surface area contributed by atoms with Gasteiger partial charge in [-0.2, -0.15) is 5.10 Å². The lowest BCUT2D eigenvalue weighted by Gasteiger charge is -2.27. The number of rotatable bonds is 11. The Kier molecular flexibility index (Phi) is 8.20. The second kappa shape index (κ2) is 11.2. The zero-order valence-electron chi connectivity index (χ0n) is 20.7. The predicted molar refractivity (Wildman–Crippen MR) is 130 cm³/mol. The van der Waals surface area contributed by atoms with Gasteiger partial charge in [-0.05, 0) is 19.3 Å². The largest absolute Gasteiger partial charge is 0.481 e. The molecule has 7 nitrogen and oxygen atoms in total. The molecule has 1 aromatic carbocycles. The fourth-order valence-corrected chi connectivity index (χ4v) is 5.40. The van der Waals surface area contributed by atoms with Crippen molar-refractivity contribution in [1.82, 2.24) is 14.7 Å². The van der Waals surface area contributed by atoms with E-state index < -0.39 is 36.7 Å². The summed E-state index contributed by atoms with van der Waals surface area (Å²) in [7, 11) is 0. The summed E-state index contributed by atoms with van der Waals surface area (Å²) in [5, 5.41) is 14.1. The Morgan fingerprint density at radius 3 is 2.46 bits per heavy atom. The molecule has 3 atom stereocenters. The molecule has 202 valence electrons. The molecular formula is C26H32F4N4O3. The Balaban J connectivity index is 1.69. The Bertz CT molecular complexity index is 1090. The van der Waals surface area contributed by atoms with E-state index in [0.717, 1.165) is 32.6 Å². The molecule has 2 aromatic rings. The highest BCUT2D eigenvalue weighted by atomic mass is 19.3. The van der Waals surface area contributed by atoms with Crippen LogP contribution in [0.4, 0.5) is 23.4 Å². The number of anilines is 1. The molecule has 1 N–H and O–H groups in total. The van der Waals surface area contributed by atoms with Crippen molar-refractivity contribution < 1.29 is 32.3 Å². The van der Waals surface area contributed by atoms with Gasteiger partial charge >= 0.3 is 5.97 Å². The number of aliphatic carboxylic acids is 1. The number of nitrogens with zero attached hydrogens (tertiary/aromatic N) is 4. The van der Waals surface area contributed by atoms with E-state index in [-0.39, 0.29) is 43.5 Å². The van der Waals surface area contributed by atoms with Crippen molar-refractivity contribution in [2.45, 2.75) is 75.8 Å². The monoisotopic (exact) mass is 524 g/mol. The Labute approximate surface area is 213 Å². The molecule has 37 heavy (non-hydrogen) atoms. The number of carbonyl (C=O) groups excluding carboxylic acids is 1. The highest BCUT2D eigenvalue weighted by molar-refractivity contribution is 5.79. The molecule has 11 heteroatoms. The van der Waals surface area contributed by atoms with Crippen LogP contribution in [0.3, 0.4) is 0 Å². The molecule has 1 aromatic heterocycles. The lowest BCUT2D eigenvalue weighted by atomic mass is 9.99. The van der Waals surface area contributed by atoms with Crippen LogP contribution in [0.1, 0.15) is 57.1 Å². The summed E-state index contributed by atoms with van der Waals surface area (Å²) in [5.41, 5.74) is 0.553. The summed E-state index contributed by atoms with van der Waals surface area (Å²) in [4.78, 5) is 26.7. The first-order valence-corrected chi connectivity index (χ1v) is 12.6. The van der Waals surface area contributed by atoms with E-state index >= 15 is 0 Å². The first kappa shape index (κ1) is 27.1. The fraction of sp³-hybridized carbons (Fsp3) is 0.577. The van der Waals surface area contributed by atoms with Crippen LogP contribution in [0.2, 0.25) is 0 Å². The van der Waals surface area contributed by atoms with E-state index in [0.29, 0.717) is 17.7 Å². The maximum absolute atomic E-state index is 14.5. The summed E-state index contributed by atoms with van der Waals surface area (Å²) >= 11 is 0. The van der Waals surface area contributed by atoms with Crippen LogP contribution in [0.5, 0.6) is 0 Å². The second-order valence-electron chi connectivity index (χ2n) is 10.0. The molecular weight excluding hydrogens is 492 g/mol. The molecule has 0 radical (unpaired) electrons. The molecule has 0 bridgehead atoms. The van der Waals surface area contributed by atoms with Crippen LogP contribution >= 0.6 is 0 Å². The molecule has 0 spiro atoms. The van der Waals surface area contributed by atoms with Crippen LogP contribution < -0.4 is 4.90 Å². The van der Waals surface area contributed by atoms with Crippen LogP contribution in [0.15, 0.2) is 30.3 Å². The third kappa shape index (κ3) is 6.14. The molecule has 1 aliphatic carbocycles. The van der Waals surface area contributed by atoms with E-state index in [9.17, 15) is 32.3 Å². The van der Waals surface area contributed by atoms with E-state index in [1.807, 2.05) is 0 Å². The standard InChI is InChI=1S/C26H32F4N4O3/c1-26(29,30)20-9-5-4-8-19(20)23-13-24(31-34(23)17-6-2-3-7-17)33(16-35)18(12-25(36)37)10-11-32-14-21(27)22(28)15-32/h4-5,8-9,13,16-18,21-22H,2-3,6-7,10-12,14-15H2,1H3,(H,36,37)/t18-,21?,22?/m0/s1. The van der Waals surface area contributed by atoms with Crippen LogP contribution in [-0.4, -0.2) is 70.2 Å². The van der Waals surface area contributed by atoms with Crippen molar-refractivity contribution in [3.63, 3.8) is 0 Å². The van der Waals surface area contributed by atoms with E-state index in [1.165, 1.54) is 17.0 Å². The zero-order valence-corrected chi connectivity index (χ0v) is 20.7. The van der Waals surface area contributed by atoms with Crippen LogP contribution in [0.25, 0.3) is 11.3 Å². The molecule has 1 saturated heterocycles. The highest BCUT2D eigenvalue weighted by Crippen LogP contribution is 2.40. The van der Waals surface area contributed by atoms with Gasteiger partial charge in [0, 0.05) is 49.8 Å². The number of amides is 1. The molecule has 4 rings (SSSR count). The summed E-state index contributed by atoms with van der Waals surface area (Å²) in [5.74, 6) is -4.10. The normalized spacial score (nSPS) is 21.9. The van der Waals surface area contributed by atoms with Gasteiger partial charge in [0.1, 0.15) is 12.3 Å². The number of hydrogen-bond acceptors (Lipinski definition) is 4. The average molecular weight is 525 g/mol. The third-order valence-corrected chi connectivity index (χ3v) is 7.29. The number of alkyl halides is 4. The van der Waals surface area contributed by atoms with Gasteiger partial charge < -0.3 is 5.11 Å². The lowest BCUT2D eigenvalue weighted by molar-refractivity contribution is -0.137. The maximum atomic E-state index is 14.5. The number of hydrogen-bond donors (Lipinski definition) is 1. The van der Waals surface area contributed by atoms with E-state index in [4.69, 9.17) is 0 Å². The molecule has 2 fully saturated rings. The van der Waals surface area contributed by atoms with Gasteiger partial charge in [0.25, 0.3) is 5.92 Å². The number of halogens is 4. The first-order valence-electron chi connectivity index (χ1n) is 12.6. The summed E-state index contributed by atoms with van der Waals surface area (Å²) in [6.07, 6.45) is 0.585. The van der Waals surface area contributed by atoms with Gasteiger partial charge in [-0.1, -0.05) is 37.1 Å². The minimum atomic E-state index is -3.12. The number of carboxylic acids is 1. The van der Waals surface area contributed by atoms with Crippen LogP contribution in [0, 0.1) is 0 Å². The lowest BCUT2D eigenvalue weighted by Crippen LogP contribution is -2.39. The predicted octanol–water partition coefficient (Wildman–Crippen LogP) is 4.96. The average Bonchev–Trinajstić information content (AvgIpc) is 3.58. The van der Waals surface area contributed by atoms with Crippen molar-refractivity contribution in [3.8, 4) is 11.3 Å². The summed E-state index contributed by atoms with van der Waals surface area (Å²) < 4.78 is 57.9. The number of aromatic nitrogens is 2. The second-order valence-corrected chi connectivity index (χ2v) is 10.0. The topological polar surface area (TPSA) is 78.7 Å². The number of benzene rings is 1. The number of carbonyl (C=O) groups is 2. The molecule has 2 heterocycles. The van der Waals surface area contributed by atoms with Crippen molar-refractivity contribution in [2.24, 2.45) is 0 Å². The minimum absolute atomic E-state index is 0.0405. The summed E-state index contributed by atoms with van der Waals surface area (Å²) in [6.45, 7) is 0.838. The SMILES string of the molecule is CC(F)(F)c1ccccc1-c1cc(N(C=O)[C@@H](CCN2CC(F)C(F)C2)CC(=O)O)nn1C1CCCC1. The first-order chi connectivity index (χ1) is 17.6. The zero-order chi connectivity index (χ0) is 26.7. The quantitative estimate of drug-likeness (QED) is 0.332. The Hall–Kier alpha value is -2.95. The van der Waals surface area contributed by atoms with Gasteiger partial charge in [0.05, 0.1) is 18.2 Å². The van der Waals surface area contributed by atoms with Crippen molar-refractivity contribution in [2.75, 3.05) is 24.5 Å². The van der Waals surface area contributed by atoms with Crippen molar-refractivity contribution >= 4 is 18.2 Å². The van der Waals surface area contributed by atoms with Gasteiger partial charge in [-0.3, -0.25) is 24.1 Å². The van der Waals surface area contributed by atoms with E-state index in [2.05, 4.69) is 5.10 Å². The van der Waals surface area contributed by atoms with E-state index in [1.54, 1.807) is 27.8 Å².